The summed E-state index contributed by atoms with van der Waals surface area (Å²) in [4.78, 5) is 2.23. The highest BCUT2D eigenvalue weighted by atomic mass is 127. The van der Waals surface area contributed by atoms with Crippen molar-refractivity contribution in [1.29, 1.82) is 0 Å². The molecule has 0 amide bonds. The van der Waals surface area contributed by atoms with Gasteiger partial charge in [0.15, 0.2) is 0 Å². The summed E-state index contributed by atoms with van der Waals surface area (Å²) in [6, 6.07) is 29.2. The third kappa shape index (κ3) is 3.76. The smallest absolute Gasteiger partial charge is 0.0681 e. The quantitative estimate of drug-likeness (QED) is 0.267. The number of anilines is 3. The average molecular weight is 519 g/mol. The van der Waals surface area contributed by atoms with E-state index in [0.717, 1.165) is 34.6 Å². The van der Waals surface area contributed by atoms with Gasteiger partial charge in [-0.05, 0) is 98.8 Å². The zero-order valence-electron chi connectivity index (χ0n) is 16.9. The second-order valence-electron chi connectivity index (χ2n) is 7.78. The Kier molecular flexibility index (Phi) is 5.52. The maximum Gasteiger partial charge on any atom is 0.0681 e. The van der Waals surface area contributed by atoms with Crippen molar-refractivity contribution in [3.8, 4) is 11.1 Å². The predicted octanol–water partition coefficient (Wildman–Crippen LogP) is 6.32. The number of aliphatic hydroxyl groups excluding tert-OH is 2. The van der Waals surface area contributed by atoms with Crippen molar-refractivity contribution in [2.24, 2.45) is 0 Å². The van der Waals surface area contributed by atoms with Crippen LogP contribution >= 0.6 is 22.6 Å². The van der Waals surface area contributed by atoms with E-state index in [1.165, 1.54) is 25.8 Å². The Morgan fingerprint density at radius 3 is 1.84 bits per heavy atom. The van der Waals surface area contributed by atoms with Gasteiger partial charge in [0.05, 0.1) is 13.2 Å². The number of fused-ring (bicyclic) bond motifs is 3. The van der Waals surface area contributed by atoms with Gasteiger partial charge in [0.1, 0.15) is 0 Å². The molecule has 0 aromatic heterocycles. The van der Waals surface area contributed by atoms with E-state index in [4.69, 9.17) is 0 Å². The standard InChI is InChI=1S/C27H22INO2/c28-26-15-24(14-21-13-20-3-1-2-4-25(20)27(21)26)29(22-9-5-18(16-30)6-10-22)23-11-7-19(17-31)8-12-23/h1-12,14-15,30-31H,13,16-17H2. The number of halogens is 1. The molecule has 0 heterocycles. The summed E-state index contributed by atoms with van der Waals surface area (Å²) < 4.78 is 1.24. The van der Waals surface area contributed by atoms with E-state index in [9.17, 15) is 10.2 Å². The van der Waals surface area contributed by atoms with Crippen LogP contribution in [0.5, 0.6) is 0 Å². The van der Waals surface area contributed by atoms with Crippen LogP contribution in [0.3, 0.4) is 0 Å². The summed E-state index contributed by atoms with van der Waals surface area (Å²) in [6.07, 6.45) is 0.941. The summed E-state index contributed by atoms with van der Waals surface area (Å²) in [7, 11) is 0. The molecule has 5 rings (SSSR count). The lowest BCUT2D eigenvalue weighted by Gasteiger charge is -2.27. The van der Waals surface area contributed by atoms with Crippen molar-refractivity contribution in [1.82, 2.24) is 0 Å². The van der Waals surface area contributed by atoms with Crippen molar-refractivity contribution in [3.05, 3.63) is 111 Å². The minimum atomic E-state index is 0.0283. The van der Waals surface area contributed by atoms with Gasteiger partial charge < -0.3 is 15.1 Å². The number of hydrogen-bond acceptors (Lipinski definition) is 3. The van der Waals surface area contributed by atoms with Gasteiger partial charge in [-0.3, -0.25) is 0 Å². The first kappa shape index (κ1) is 20.2. The normalized spacial score (nSPS) is 11.8. The van der Waals surface area contributed by atoms with Gasteiger partial charge in [-0.1, -0.05) is 48.5 Å². The molecule has 2 N–H and O–H groups in total. The first-order valence-corrected chi connectivity index (χ1v) is 11.4. The molecule has 0 atom stereocenters. The molecule has 154 valence electrons. The molecule has 4 aromatic rings. The minimum Gasteiger partial charge on any atom is -0.392 e. The number of rotatable bonds is 5. The summed E-state index contributed by atoms with van der Waals surface area (Å²) in [5.41, 5.74) is 10.3. The molecule has 4 aromatic carbocycles. The Balaban J connectivity index is 1.64. The zero-order valence-corrected chi connectivity index (χ0v) is 19.1. The highest BCUT2D eigenvalue weighted by Gasteiger charge is 2.23. The van der Waals surface area contributed by atoms with Gasteiger partial charge in [-0.15, -0.1) is 0 Å². The molecular formula is C27H22INO2. The molecular weight excluding hydrogens is 497 g/mol. The number of hydrogen-bond donors (Lipinski definition) is 2. The van der Waals surface area contributed by atoms with E-state index in [1.807, 2.05) is 48.5 Å². The summed E-state index contributed by atoms with van der Waals surface area (Å²) in [5, 5.41) is 18.9. The molecule has 0 spiro atoms. The van der Waals surface area contributed by atoms with E-state index >= 15 is 0 Å². The predicted molar refractivity (Wildman–Crippen MR) is 134 cm³/mol. The molecule has 31 heavy (non-hydrogen) atoms. The van der Waals surface area contributed by atoms with Crippen molar-refractivity contribution < 1.29 is 10.2 Å². The van der Waals surface area contributed by atoms with Crippen LogP contribution in [0.1, 0.15) is 22.3 Å². The summed E-state index contributed by atoms with van der Waals surface area (Å²) >= 11 is 2.45. The maximum absolute atomic E-state index is 9.45. The van der Waals surface area contributed by atoms with Crippen molar-refractivity contribution >= 4 is 39.7 Å². The molecule has 1 aliphatic carbocycles. The molecule has 0 unspecified atom stereocenters. The first-order chi connectivity index (χ1) is 15.2. The van der Waals surface area contributed by atoms with E-state index in [-0.39, 0.29) is 13.2 Å². The Morgan fingerprint density at radius 2 is 1.26 bits per heavy atom. The van der Waals surface area contributed by atoms with Crippen molar-refractivity contribution in [2.75, 3.05) is 4.90 Å². The van der Waals surface area contributed by atoms with Gasteiger partial charge in [0, 0.05) is 20.6 Å². The molecule has 0 bridgehead atoms. The van der Waals surface area contributed by atoms with Gasteiger partial charge in [0.2, 0.25) is 0 Å². The first-order valence-electron chi connectivity index (χ1n) is 10.3. The maximum atomic E-state index is 9.45. The fourth-order valence-electron chi connectivity index (χ4n) is 4.29. The van der Waals surface area contributed by atoms with Crippen LogP contribution in [0.4, 0.5) is 17.1 Å². The van der Waals surface area contributed by atoms with Crippen LogP contribution < -0.4 is 4.90 Å². The summed E-state index contributed by atoms with van der Waals surface area (Å²) in [5.74, 6) is 0. The van der Waals surface area contributed by atoms with Crippen LogP contribution in [0.25, 0.3) is 11.1 Å². The van der Waals surface area contributed by atoms with Crippen LogP contribution in [0.15, 0.2) is 84.9 Å². The molecule has 0 saturated heterocycles. The third-order valence-electron chi connectivity index (χ3n) is 5.84. The van der Waals surface area contributed by atoms with Gasteiger partial charge in [-0.25, -0.2) is 0 Å². The van der Waals surface area contributed by atoms with Crippen LogP contribution in [-0.4, -0.2) is 10.2 Å². The Hall–Kier alpha value is -2.67. The number of benzene rings is 4. The lowest BCUT2D eigenvalue weighted by molar-refractivity contribution is 0.281. The zero-order chi connectivity index (χ0) is 21.4. The largest absolute Gasteiger partial charge is 0.392 e. The van der Waals surface area contributed by atoms with E-state index in [2.05, 4.69) is 63.9 Å². The average Bonchev–Trinajstić information content (AvgIpc) is 3.19. The van der Waals surface area contributed by atoms with Crippen LogP contribution in [-0.2, 0) is 19.6 Å². The SMILES string of the molecule is OCc1ccc(N(c2ccc(CO)cc2)c2cc(I)c3c(c2)Cc2ccccc2-3)cc1. The third-order valence-corrected chi connectivity index (χ3v) is 6.69. The second-order valence-corrected chi connectivity index (χ2v) is 8.94. The Morgan fingerprint density at radius 1 is 0.677 bits per heavy atom. The molecule has 4 heteroatoms. The molecule has 0 radical (unpaired) electrons. The fourth-order valence-corrected chi connectivity index (χ4v) is 5.25. The highest BCUT2D eigenvalue weighted by molar-refractivity contribution is 14.1. The van der Waals surface area contributed by atoms with E-state index in [1.54, 1.807) is 0 Å². The fraction of sp³-hybridized carbons (Fsp3) is 0.111. The van der Waals surface area contributed by atoms with E-state index < -0.39 is 0 Å². The molecule has 1 aliphatic rings. The number of nitrogens with zero attached hydrogens (tertiary/aromatic N) is 1. The van der Waals surface area contributed by atoms with Gasteiger partial charge >= 0.3 is 0 Å². The monoisotopic (exact) mass is 519 g/mol. The lowest BCUT2D eigenvalue weighted by atomic mass is 10.0. The van der Waals surface area contributed by atoms with Crippen LogP contribution in [0, 0.1) is 3.57 Å². The second kappa shape index (κ2) is 8.46. The molecule has 0 aliphatic heterocycles. The minimum absolute atomic E-state index is 0.0283. The van der Waals surface area contributed by atoms with Crippen LogP contribution in [0.2, 0.25) is 0 Å². The van der Waals surface area contributed by atoms with Gasteiger partial charge in [-0.2, -0.15) is 0 Å². The molecule has 0 saturated carbocycles. The van der Waals surface area contributed by atoms with E-state index in [0.29, 0.717) is 0 Å². The molecule has 3 nitrogen and oxygen atoms in total. The number of aliphatic hydroxyl groups is 2. The highest BCUT2D eigenvalue weighted by Crippen LogP contribution is 2.44. The van der Waals surface area contributed by atoms with Crippen molar-refractivity contribution in [2.45, 2.75) is 19.6 Å². The summed E-state index contributed by atoms with van der Waals surface area (Å²) in [6.45, 7) is 0.0565. The lowest BCUT2D eigenvalue weighted by Crippen LogP contribution is -2.11. The Labute approximate surface area is 195 Å². The van der Waals surface area contributed by atoms with Crippen molar-refractivity contribution in [3.63, 3.8) is 0 Å². The molecule has 0 fully saturated rings. The topological polar surface area (TPSA) is 43.7 Å². The Bertz CT molecular complexity index is 1190. The van der Waals surface area contributed by atoms with Gasteiger partial charge in [0.25, 0.3) is 0 Å².